The van der Waals surface area contributed by atoms with Crippen molar-refractivity contribution < 1.29 is 9.47 Å². The SMILES string of the molecule is CCOc1cc(Oc2ccc(-c3nc(Nc4cccc(C)c4)n[nH]3)cc2)nc(N)n1. The van der Waals surface area contributed by atoms with Gasteiger partial charge in [0.15, 0.2) is 5.82 Å². The highest BCUT2D eigenvalue weighted by molar-refractivity contribution is 5.60. The van der Waals surface area contributed by atoms with Crippen molar-refractivity contribution in [3.05, 3.63) is 60.2 Å². The van der Waals surface area contributed by atoms with Crippen LogP contribution in [0.15, 0.2) is 54.6 Å². The highest BCUT2D eigenvalue weighted by Gasteiger charge is 2.09. The molecule has 9 heteroatoms. The number of ether oxygens (including phenoxy) is 2. The van der Waals surface area contributed by atoms with Gasteiger partial charge in [-0.15, -0.1) is 5.10 Å². The number of nitrogens with zero attached hydrogens (tertiary/aromatic N) is 4. The van der Waals surface area contributed by atoms with E-state index in [1.54, 1.807) is 6.07 Å². The molecule has 4 aromatic rings. The molecule has 0 aliphatic rings. The van der Waals surface area contributed by atoms with E-state index in [2.05, 4.69) is 30.5 Å². The average Bonchev–Trinajstić information content (AvgIpc) is 3.17. The first-order valence-electron chi connectivity index (χ1n) is 9.41. The Hall–Kier alpha value is -4.14. The van der Waals surface area contributed by atoms with Gasteiger partial charge in [-0.3, -0.25) is 5.10 Å². The van der Waals surface area contributed by atoms with Gasteiger partial charge in [0.2, 0.25) is 23.7 Å². The Morgan fingerprint density at radius 2 is 1.80 bits per heavy atom. The van der Waals surface area contributed by atoms with Gasteiger partial charge in [0.05, 0.1) is 12.7 Å². The van der Waals surface area contributed by atoms with Crippen molar-refractivity contribution in [1.82, 2.24) is 25.1 Å². The van der Waals surface area contributed by atoms with E-state index in [-0.39, 0.29) is 5.95 Å². The van der Waals surface area contributed by atoms with Crippen LogP contribution in [0.4, 0.5) is 17.6 Å². The van der Waals surface area contributed by atoms with E-state index < -0.39 is 0 Å². The summed E-state index contributed by atoms with van der Waals surface area (Å²) in [5.41, 5.74) is 8.65. The van der Waals surface area contributed by atoms with Gasteiger partial charge in [-0.1, -0.05) is 12.1 Å². The van der Waals surface area contributed by atoms with E-state index >= 15 is 0 Å². The summed E-state index contributed by atoms with van der Waals surface area (Å²) in [7, 11) is 0. The molecular formula is C21H21N7O2. The number of rotatable bonds is 7. The number of nitrogens with two attached hydrogens (primary N) is 1. The Bertz CT molecular complexity index is 1140. The van der Waals surface area contributed by atoms with Gasteiger partial charge in [0, 0.05) is 11.3 Å². The van der Waals surface area contributed by atoms with Crippen LogP contribution in [0, 0.1) is 6.92 Å². The van der Waals surface area contributed by atoms with Crippen molar-refractivity contribution in [3.63, 3.8) is 0 Å². The molecule has 0 fully saturated rings. The van der Waals surface area contributed by atoms with E-state index in [0.29, 0.717) is 35.9 Å². The molecule has 0 spiro atoms. The van der Waals surface area contributed by atoms with Crippen LogP contribution in [-0.4, -0.2) is 31.8 Å². The first kappa shape index (κ1) is 19.2. The molecule has 4 N–H and O–H groups in total. The van der Waals surface area contributed by atoms with Crippen molar-refractivity contribution in [2.24, 2.45) is 0 Å². The fraction of sp³-hybridized carbons (Fsp3) is 0.143. The van der Waals surface area contributed by atoms with E-state index in [1.807, 2.05) is 62.4 Å². The van der Waals surface area contributed by atoms with E-state index in [1.165, 1.54) is 0 Å². The number of anilines is 3. The number of H-pyrrole nitrogens is 1. The van der Waals surface area contributed by atoms with Crippen LogP contribution >= 0.6 is 0 Å². The molecule has 0 saturated heterocycles. The Labute approximate surface area is 173 Å². The zero-order valence-electron chi connectivity index (χ0n) is 16.6. The Morgan fingerprint density at radius 3 is 2.57 bits per heavy atom. The monoisotopic (exact) mass is 403 g/mol. The number of nitrogen functional groups attached to an aromatic ring is 1. The summed E-state index contributed by atoms with van der Waals surface area (Å²) in [5, 5.41) is 10.3. The topological polar surface area (TPSA) is 124 Å². The molecule has 0 aliphatic heterocycles. The third-order valence-electron chi connectivity index (χ3n) is 4.10. The number of nitrogens with one attached hydrogen (secondary N) is 2. The van der Waals surface area contributed by atoms with Gasteiger partial charge in [-0.25, -0.2) is 0 Å². The van der Waals surface area contributed by atoms with Gasteiger partial charge in [0.1, 0.15) is 5.75 Å². The standard InChI is InChI=1S/C21H21N7O2/c1-3-29-17-12-18(25-20(22)24-17)30-16-9-7-14(8-10-16)19-26-21(28-27-19)23-15-6-4-5-13(2)11-15/h4-12H,3H2,1-2H3,(H2,22,24,25)(H2,23,26,27,28). The van der Waals surface area contributed by atoms with Crippen molar-refractivity contribution in [2.45, 2.75) is 13.8 Å². The molecule has 4 rings (SSSR count). The van der Waals surface area contributed by atoms with E-state index in [4.69, 9.17) is 15.2 Å². The van der Waals surface area contributed by atoms with Crippen molar-refractivity contribution in [1.29, 1.82) is 0 Å². The first-order valence-corrected chi connectivity index (χ1v) is 9.41. The smallest absolute Gasteiger partial charge is 0.246 e. The van der Waals surface area contributed by atoms with Crippen LogP contribution in [0.5, 0.6) is 17.5 Å². The fourth-order valence-corrected chi connectivity index (χ4v) is 2.80. The van der Waals surface area contributed by atoms with Gasteiger partial charge in [0.25, 0.3) is 0 Å². The Kier molecular flexibility index (Phi) is 5.42. The van der Waals surface area contributed by atoms with Crippen LogP contribution in [0.25, 0.3) is 11.4 Å². The summed E-state index contributed by atoms with van der Waals surface area (Å²) < 4.78 is 11.1. The zero-order chi connectivity index (χ0) is 20.9. The number of benzene rings is 2. The predicted octanol–water partition coefficient (Wildman–Crippen LogP) is 4.09. The van der Waals surface area contributed by atoms with E-state index in [9.17, 15) is 0 Å². The number of hydrogen-bond acceptors (Lipinski definition) is 8. The molecule has 9 nitrogen and oxygen atoms in total. The molecule has 0 aliphatic carbocycles. The summed E-state index contributed by atoms with van der Waals surface area (Å²) in [4.78, 5) is 12.6. The molecule has 2 heterocycles. The third-order valence-corrected chi connectivity index (χ3v) is 4.10. The molecule has 0 radical (unpaired) electrons. The molecule has 2 aromatic carbocycles. The Balaban J connectivity index is 1.46. The second kappa shape index (κ2) is 8.48. The lowest BCUT2D eigenvalue weighted by molar-refractivity contribution is 0.323. The van der Waals surface area contributed by atoms with Crippen molar-refractivity contribution in [2.75, 3.05) is 17.7 Å². The zero-order valence-corrected chi connectivity index (χ0v) is 16.6. The number of aromatic nitrogens is 5. The van der Waals surface area contributed by atoms with Crippen LogP contribution in [-0.2, 0) is 0 Å². The lowest BCUT2D eigenvalue weighted by atomic mass is 10.2. The maximum atomic E-state index is 5.76. The fourth-order valence-electron chi connectivity index (χ4n) is 2.80. The highest BCUT2D eigenvalue weighted by atomic mass is 16.5. The largest absolute Gasteiger partial charge is 0.478 e. The van der Waals surface area contributed by atoms with Crippen molar-refractivity contribution >= 4 is 17.6 Å². The normalized spacial score (nSPS) is 10.6. The molecular weight excluding hydrogens is 382 g/mol. The lowest BCUT2D eigenvalue weighted by Crippen LogP contribution is -2.01. The third kappa shape index (κ3) is 4.64. The lowest BCUT2D eigenvalue weighted by Gasteiger charge is -2.08. The molecule has 30 heavy (non-hydrogen) atoms. The summed E-state index contributed by atoms with van der Waals surface area (Å²) in [6.07, 6.45) is 0. The van der Waals surface area contributed by atoms with Crippen LogP contribution < -0.4 is 20.5 Å². The van der Waals surface area contributed by atoms with Crippen molar-refractivity contribution in [3.8, 4) is 28.9 Å². The minimum absolute atomic E-state index is 0.0860. The number of hydrogen-bond donors (Lipinski definition) is 3. The number of aromatic amines is 1. The van der Waals surface area contributed by atoms with Gasteiger partial charge in [-0.05, 0) is 55.8 Å². The van der Waals surface area contributed by atoms with Gasteiger partial charge < -0.3 is 20.5 Å². The molecule has 0 saturated carbocycles. The van der Waals surface area contributed by atoms with Gasteiger partial charge >= 0.3 is 0 Å². The summed E-state index contributed by atoms with van der Waals surface area (Å²) >= 11 is 0. The van der Waals surface area contributed by atoms with E-state index in [0.717, 1.165) is 16.8 Å². The van der Waals surface area contributed by atoms with Crippen LogP contribution in [0.1, 0.15) is 12.5 Å². The van der Waals surface area contributed by atoms with Crippen LogP contribution in [0.2, 0.25) is 0 Å². The van der Waals surface area contributed by atoms with Gasteiger partial charge in [-0.2, -0.15) is 15.0 Å². The summed E-state index contributed by atoms with van der Waals surface area (Å²) in [5.74, 6) is 2.49. The number of aryl methyl sites for hydroxylation is 1. The minimum atomic E-state index is 0.0860. The molecule has 0 amide bonds. The molecule has 0 atom stereocenters. The Morgan fingerprint density at radius 1 is 1.00 bits per heavy atom. The van der Waals surface area contributed by atoms with Crippen LogP contribution in [0.3, 0.4) is 0 Å². The molecule has 0 bridgehead atoms. The predicted molar refractivity (Wildman–Crippen MR) is 114 cm³/mol. The highest BCUT2D eigenvalue weighted by Crippen LogP contribution is 2.26. The molecule has 2 aromatic heterocycles. The molecule has 0 unspecified atom stereocenters. The molecule has 152 valence electrons. The first-order chi connectivity index (χ1) is 14.6. The summed E-state index contributed by atoms with van der Waals surface area (Å²) in [6.45, 7) is 4.37. The summed E-state index contributed by atoms with van der Waals surface area (Å²) in [6, 6.07) is 17.0. The maximum Gasteiger partial charge on any atom is 0.246 e. The minimum Gasteiger partial charge on any atom is -0.478 e. The maximum absolute atomic E-state index is 5.76. The average molecular weight is 403 g/mol. The quantitative estimate of drug-likeness (QED) is 0.421. The second-order valence-electron chi connectivity index (χ2n) is 6.46. The second-order valence-corrected chi connectivity index (χ2v) is 6.46.